The van der Waals surface area contributed by atoms with Gasteiger partial charge in [-0.25, -0.2) is 4.98 Å². The predicted molar refractivity (Wildman–Crippen MR) is 109 cm³/mol. The van der Waals surface area contributed by atoms with Gasteiger partial charge in [-0.15, -0.1) is 0 Å². The summed E-state index contributed by atoms with van der Waals surface area (Å²) in [5, 5.41) is 0. The largest absolute Gasteiger partial charge is 0.303 e. The monoisotopic (exact) mass is 368 g/mol. The van der Waals surface area contributed by atoms with Crippen LogP contribution in [0.2, 0.25) is 0 Å². The second-order valence-electron chi connectivity index (χ2n) is 8.75. The van der Waals surface area contributed by atoms with E-state index in [0.717, 1.165) is 48.4 Å². The fourth-order valence-corrected chi connectivity index (χ4v) is 4.62. The third-order valence-electron chi connectivity index (χ3n) is 6.24. The minimum Gasteiger partial charge on any atom is -0.303 e. The molecule has 5 heteroatoms. The van der Waals surface area contributed by atoms with Crippen LogP contribution in [0.5, 0.6) is 0 Å². The Morgan fingerprint density at radius 1 is 1.11 bits per heavy atom. The molecule has 2 aromatic rings. The van der Waals surface area contributed by atoms with Crippen molar-refractivity contribution in [1.82, 2.24) is 19.2 Å². The number of aryl methyl sites for hydroxylation is 1. The summed E-state index contributed by atoms with van der Waals surface area (Å²) in [5.74, 6) is 1.64. The number of aromatic nitrogens is 2. The highest BCUT2D eigenvalue weighted by atomic mass is 16.1. The lowest BCUT2D eigenvalue weighted by Gasteiger charge is -2.37. The van der Waals surface area contributed by atoms with Crippen LogP contribution < -0.4 is 5.56 Å². The van der Waals surface area contributed by atoms with Crippen LogP contribution in [0, 0.1) is 18.8 Å². The first-order valence-corrected chi connectivity index (χ1v) is 10.5. The van der Waals surface area contributed by atoms with E-state index in [0.29, 0.717) is 0 Å². The first-order chi connectivity index (χ1) is 13.1. The Morgan fingerprint density at radius 3 is 2.74 bits per heavy atom. The topological polar surface area (TPSA) is 40.9 Å². The van der Waals surface area contributed by atoms with Gasteiger partial charge in [-0.1, -0.05) is 13.0 Å². The third-order valence-corrected chi connectivity index (χ3v) is 6.24. The summed E-state index contributed by atoms with van der Waals surface area (Å²) >= 11 is 0. The molecule has 1 unspecified atom stereocenters. The molecule has 146 valence electrons. The van der Waals surface area contributed by atoms with E-state index in [1.165, 1.54) is 45.3 Å². The van der Waals surface area contributed by atoms with Crippen LogP contribution in [0.4, 0.5) is 0 Å². The van der Waals surface area contributed by atoms with E-state index in [1.807, 2.05) is 25.3 Å². The van der Waals surface area contributed by atoms with Gasteiger partial charge >= 0.3 is 0 Å². The molecule has 0 amide bonds. The Labute approximate surface area is 162 Å². The molecule has 0 radical (unpaired) electrons. The smallest absolute Gasteiger partial charge is 0.258 e. The van der Waals surface area contributed by atoms with E-state index < -0.39 is 0 Å². The summed E-state index contributed by atoms with van der Waals surface area (Å²) in [4.78, 5) is 22.3. The van der Waals surface area contributed by atoms with E-state index >= 15 is 0 Å². The lowest BCUT2D eigenvalue weighted by molar-refractivity contribution is 0.108. The van der Waals surface area contributed by atoms with Gasteiger partial charge in [0.1, 0.15) is 5.65 Å². The summed E-state index contributed by atoms with van der Waals surface area (Å²) in [6.07, 6.45) is 7.14. The summed E-state index contributed by atoms with van der Waals surface area (Å²) in [6, 6.07) is 5.67. The van der Waals surface area contributed by atoms with Gasteiger partial charge in [0.25, 0.3) is 5.56 Å². The molecule has 0 aliphatic carbocycles. The maximum Gasteiger partial charge on any atom is 0.258 e. The molecular weight excluding hydrogens is 336 g/mol. The standard InChI is InChI=1S/C22H32N4O/c1-17-7-10-24(11-8-17)14-19-4-3-9-25(15-19)16-20-12-22(27)26-13-18(2)5-6-21(26)23-20/h5-6,12-13,17,19H,3-4,7-11,14-16H2,1-2H3. The van der Waals surface area contributed by atoms with Crippen molar-refractivity contribution in [3.63, 3.8) is 0 Å². The maximum atomic E-state index is 12.4. The molecular formula is C22H32N4O. The van der Waals surface area contributed by atoms with Crippen molar-refractivity contribution in [2.45, 2.75) is 46.1 Å². The third kappa shape index (κ3) is 4.58. The zero-order valence-corrected chi connectivity index (χ0v) is 16.7. The number of piperidine rings is 2. The van der Waals surface area contributed by atoms with Crippen molar-refractivity contribution in [3.8, 4) is 0 Å². The first kappa shape index (κ1) is 18.6. The van der Waals surface area contributed by atoms with Crippen LogP contribution in [0.3, 0.4) is 0 Å². The van der Waals surface area contributed by atoms with Crippen LogP contribution >= 0.6 is 0 Å². The Kier molecular flexibility index (Phi) is 5.60. The van der Waals surface area contributed by atoms with Crippen molar-refractivity contribution >= 4 is 5.65 Å². The van der Waals surface area contributed by atoms with Crippen molar-refractivity contribution < 1.29 is 0 Å². The molecule has 2 saturated heterocycles. The molecule has 1 atom stereocenters. The van der Waals surface area contributed by atoms with Gasteiger partial charge in [0.2, 0.25) is 0 Å². The van der Waals surface area contributed by atoms with Crippen LogP contribution in [0.15, 0.2) is 29.2 Å². The summed E-state index contributed by atoms with van der Waals surface area (Å²) in [6.45, 7) is 11.2. The molecule has 0 saturated carbocycles. The highest BCUT2D eigenvalue weighted by molar-refractivity contribution is 5.39. The fraction of sp³-hybridized carbons (Fsp3) is 0.636. The molecule has 0 bridgehead atoms. The molecule has 2 fully saturated rings. The van der Waals surface area contributed by atoms with E-state index in [-0.39, 0.29) is 5.56 Å². The summed E-state index contributed by atoms with van der Waals surface area (Å²) < 4.78 is 1.65. The fourth-order valence-electron chi connectivity index (χ4n) is 4.62. The second-order valence-corrected chi connectivity index (χ2v) is 8.75. The van der Waals surface area contributed by atoms with Crippen LogP contribution in [-0.4, -0.2) is 51.9 Å². The quantitative estimate of drug-likeness (QED) is 0.832. The number of rotatable bonds is 4. The molecule has 0 aromatic carbocycles. The van der Waals surface area contributed by atoms with E-state index in [1.54, 1.807) is 10.5 Å². The minimum absolute atomic E-state index is 0.0229. The van der Waals surface area contributed by atoms with Crippen LogP contribution in [0.1, 0.15) is 43.9 Å². The number of fused-ring (bicyclic) bond motifs is 1. The van der Waals surface area contributed by atoms with E-state index in [2.05, 4.69) is 16.7 Å². The molecule has 2 aromatic heterocycles. The van der Waals surface area contributed by atoms with Gasteiger partial charge < -0.3 is 4.90 Å². The minimum atomic E-state index is 0.0229. The van der Waals surface area contributed by atoms with Gasteiger partial charge in [0.05, 0.1) is 5.69 Å². The lowest BCUT2D eigenvalue weighted by atomic mass is 9.94. The highest BCUT2D eigenvalue weighted by Gasteiger charge is 2.24. The Morgan fingerprint density at radius 2 is 1.93 bits per heavy atom. The van der Waals surface area contributed by atoms with Crippen LogP contribution in [0.25, 0.3) is 5.65 Å². The van der Waals surface area contributed by atoms with Gasteiger partial charge in [-0.05, 0) is 75.7 Å². The van der Waals surface area contributed by atoms with Crippen LogP contribution in [-0.2, 0) is 6.54 Å². The number of pyridine rings is 1. The molecule has 4 heterocycles. The predicted octanol–water partition coefficient (Wildman–Crippen LogP) is 2.95. The normalized spacial score (nSPS) is 23.1. The molecule has 27 heavy (non-hydrogen) atoms. The number of nitrogens with zero attached hydrogens (tertiary/aromatic N) is 4. The summed E-state index contributed by atoms with van der Waals surface area (Å²) in [5.41, 5.74) is 2.75. The van der Waals surface area contributed by atoms with Gasteiger partial charge in [0, 0.05) is 31.9 Å². The second kappa shape index (κ2) is 8.11. The van der Waals surface area contributed by atoms with Crippen molar-refractivity contribution in [1.29, 1.82) is 0 Å². The van der Waals surface area contributed by atoms with Gasteiger partial charge in [-0.2, -0.15) is 0 Å². The Bertz CT molecular complexity index is 838. The Balaban J connectivity index is 1.39. The maximum absolute atomic E-state index is 12.4. The zero-order chi connectivity index (χ0) is 18.8. The van der Waals surface area contributed by atoms with Crippen molar-refractivity contribution in [3.05, 3.63) is 46.0 Å². The van der Waals surface area contributed by atoms with Gasteiger partial charge in [0.15, 0.2) is 0 Å². The van der Waals surface area contributed by atoms with Crippen molar-refractivity contribution in [2.24, 2.45) is 11.8 Å². The first-order valence-electron chi connectivity index (χ1n) is 10.5. The van der Waals surface area contributed by atoms with Crippen molar-refractivity contribution in [2.75, 3.05) is 32.7 Å². The number of hydrogen-bond donors (Lipinski definition) is 0. The highest BCUT2D eigenvalue weighted by Crippen LogP contribution is 2.22. The zero-order valence-electron chi connectivity index (χ0n) is 16.7. The molecule has 4 rings (SSSR count). The average Bonchev–Trinajstić information content (AvgIpc) is 2.65. The molecule has 5 nitrogen and oxygen atoms in total. The molecule has 2 aliphatic rings. The Hall–Kier alpha value is -1.72. The van der Waals surface area contributed by atoms with E-state index in [9.17, 15) is 4.79 Å². The molecule has 0 spiro atoms. The number of likely N-dealkylation sites (tertiary alicyclic amines) is 2. The SMILES string of the molecule is Cc1ccc2nc(CN3CCCC(CN4CCC(C)CC4)C3)cc(=O)n2c1. The van der Waals surface area contributed by atoms with Gasteiger partial charge in [-0.3, -0.25) is 14.1 Å². The average molecular weight is 369 g/mol. The lowest BCUT2D eigenvalue weighted by Crippen LogP contribution is -2.43. The molecule has 2 aliphatic heterocycles. The molecule has 0 N–H and O–H groups in total. The summed E-state index contributed by atoms with van der Waals surface area (Å²) in [7, 11) is 0. The van der Waals surface area contributed by atoms with E-state index in [4.69, 9.17) is 4.98 Å². The number of hydrogen-bond acceptors (Lipinski definition) is 4.